The molecule has 0 aliphatic heterocycles. The van der Waals surface area contributed by atoms with Crippen LogP contribution < -0.4 is 4.74 Å². The Morgan fingerprint density at radius 2 is 0.478 bits per heavy atom. The van der Waals surface area contributed by atoms with Crippen LogP contribution in [0.5, 0.6) is 11.5 Å². The molecule has 0 amide bonds. The molecule has 0 N–H and O–H groups in total. The summed E-state index contributed by atoms with van der Waals surface area (Å²) in [6, 6.07) is 0. The van der Waals surface area contributed by atoms with E-state index in [4.69, 9.17) is 4.74 Å². The van der Waals surface area contributed by atoms with Gasteiger partial charge in [-0.15, -0.1) is 0 Å². The van der Waals surface area contributed by atoms with Gasteiger partial charge in [0.15, 0.2) is 11.5 Å². The minimum atomic E-state index is 0.620. The Bertz CT molecular complexity index is 691. The third kappa shape index (κ3) is 4.39. The largest absolute Gasteiger partial charge is 0.452 e. The second kappa shape index (κ2) is 9.03. The number of halogens is 10. The molecule has 0 radical (unpaired) electrons. The van der Waals surface area contributed by atoms with E-state index in [1.54, 1.807) is 0 Å². The first-order valence-corrected chi connectivity index (χ1v) is 13.2. The first-order valence-electron chi connectivity index (χ1n) is 5.30. The van der Waals surface area contributed by atoms with Crippen molar-refractivity contribution in [2.45, 2.75) is 0 Å². The third-order valence-corrected chi connectivity index (χ3v) is 14.6. The topological polar surface area (TPSA) is 9.23 Å². The van der Waals surface area contributed by atoms with E-state index in [0.29, 0.717) is 11.5 Å². The Labute approximate surface area is 216 Å². The highest BCUT2D eigenvalue weighted by Gasteiger charge is 2.24. The quantitative estimate of drug-likeness (QED) is 0.215. The molecule has 1 nitrogen and oxygen atoms in total. The molecule has 0 saturated carbocycles. The second-order valence-electron chi connectivity index (χ2n) is 3.90. The molecule has 0 unspecified atom stereocenters. The Hall–Kier alpha value is 3.04. The maximum Gasteiger partial charge on any atom is 0.158 e. The van der Waals surface area contributed by atoms with Crippen molar-refractivity contribution in [3.63, 3.8) is 0 Å². The predicted molar refractivity (Wildman–Crippen MR) is 130 cm³/mol. The van der Waals surface area contributed by atoms with Gasteiger partial charge in [0, 0.05) is 8.95 Å². The summed E-state index contributed by atoms with van der Waals surface area (Å²) < 4.78 is 14.4. The summed E-state index contributed by atoms with van der Waals surface area (Å²) in [4.78, 5) is 0. The van der Waals surface area contributed by atoms with Crippen LogP contribution in [-0.2, 0) is 0 Å². The zero-order chi connectivity index (χ0) is 17.6. The monoisotopic (exact) mass is 949 g/mol. The van der Waals surface area contributed by atoms with Crippen molar-refractivity contribution in [3.8, 4) is 11.5 Å². The molecule has 0 bridgehead atoms. The van der Waals surface area contributed by atoms with E-state index in [2.05, 4.69) is 159 Å². The van der Waals surface area contributed by atoms with Crippen LogP contribution in [0.15, 0.2) is 44.7 Å². The standard InChI is InChI=1S/C12Br10O/c13-1-3(15)7(19)11(8(20)4(1)16)23-12-9(21)5(17)2(14)6(18)10(12)22. The normalized spacial score (nSPS) is 11.0. The summed E-state index contributed by atoms with van der Waals surface area (Å²) in [7, 11) is 0. The predicted octanol–water partition coefficient (Wildman–Crippen LogP) is 11.1. The van der Waals surface area contributed by atoms with Crippen LogP contribution >= 0.6 is 159 Å². The minimum absolute atomic E-state index is 0.620. The van der Waals surface area contributed by atoms with Crippen LogP contribution in [0, 0.1) is 0 Å². The van der Waals surface area contributed by atoms with Crippen molar-refractivity contribution in [3.05, 3.63) is 44.7 Å². The lowest BCUT2D eigenvalue weighted by molar-refractivity contribution is 0.468. The van der Waals surface area contributed by atoms with Gasteiger partial charge in [-0.05, 0) is 159 Å². The number of benzene rings is 2. The maximum absolute atomic E-state index is 6.19. The zero-order valence-electron chi connectivity index (χ0n) is 10.2. The highest BCUT2D eigenvalue weighted by atomic mass is 79.9. The van der Waals surface area contributed by atoms with Crippen molar-refractivity contribution in [1.29, 1.82) is 0 Å². The van der Waals surface area contributed by atoms with Gasteiger partial charge in [-0.3, -0.25) is 0 Å². The van der Waals surface area contributed by atoms with E-state index >= 15 is 0 Å². The fourth-order valence-electron chi connectivity index (χ4n) is 1.45. The number of rotatable bonds is 2. The van der Waals surface area contributed by atoms with E-state index in [1.165, 1.54) is 0 Å². The van der Waals surface area contributed by atoms with Crippen LogP contribution in [0.1, 0.15) is 0 Å². The van der Waals surface area contributed by atoms with Crippen LogP contribution in [0.25, 0.3) is 0 Å². The van der Waals surface area contributed by atoms with Gasteiger partial charge in [0.05, 0.1) is 35.8 Å². The highest BCUT2D eigenvalue weighted by Crippen LogP contribution is 2.54. The second-order valence-corrected chi connectivity index (χ2v) is 11.8. The van der Waals surface area contributed by atoms with Gasteiger partial charge in [-0.2, -0.15) is 0 Å². The fraction of sp³-hybridized carbons (Fsp3) is 0. The smallest absolute Gasteiger partial charge is 0.158 e. The molecule has 124 valence electrons. The Balaban J connectivity index is 2.71. The molecule has 0 saturated heterocycles. The summed E-state index contributed by atoms with van der Waals surface area (Å²) in [5.41, 5.74) is 0. The number of ether oxygens (including phenoxy) is 1. The van der Waals surface area contributed by atoms with Crippen LogP contribution in [0.2, 0.25) is 0 Å². The summed E-state index contributed by atoms with van der Waals surface area (Å²) in [6.07, 6.45) is 0. The summed E-state index contributed by atoms with van der Waals surface area (Å²) >= 11 is 35.4. The van der Waals surface area contributed by atoms with Crippen LogP contribution in [0.3, 0.4) is 0 Å². The summed E-state index contributed by atoms with van der Waals surface area (Å²) in [5.74, 6) is 1.24. The molecular formula is C12Br10O. The van der Waals surface area contributed by atoms with Gasteiger partial charge >= 0.3 is 0 Å². The molecule has 0 fully saturated rings. The summed E-state index contributed by atoms with van der Waals surface area (Å²) in [5, 5.41) is 0. The maximum atomic E-state index is 6.19. The third-order valence-electron chi connectivity index (χ3n) is 2.54. The van der Waals surface area contributed by atoms with Gasteiger partial charge in [-0.1, -0.05) is 0 Å². The fourth-order valence-corrected chi connectivity index (χ4v) is 7.80. The lowest BCUT2D eigenvalue weighted by Gasteiger charge is -2.18. The van der Waals surface area contributed by atoms with E-state index in [9.17, 15) is 0 Å². The Morgan fingerprint density at radius 1 is 0.304 bits per heavy atom. The molecule has 0 aliphatic rings. The molecule has 0 heterocycles. The molecule has 2 rings (SSSR count). The first-order chi connectivity index (χ1) is 10.6. The van der Waals surface area contributed by atoms with Crippen LogP contribution in [-0.4, -0.2) is 0 Å². The number of hydrogen-bond donors (Lipinski definition) is 0. The molecule has 23 heavy (non-hydrogen) atoms. The molecular weight excluding hydrogens is 959 g/mol. The van der Waals surface area contributed by atoms with E-state index in [-0.39, 0.29) is 0 Å². The molecule has 0 atom stereocenters. The van der Waals surface area contributed by atoms with Gasteiger partial charge in [0.2, 0.25) is 0 Å². The molecule has 2 aromatic carbocycles. The lowest BCUT2D eigenvalue weighted by Crippen LogP contribution is -1.94. The van der Waals surface area contributed by atoms with Gasteiger partial charge in [0.25, 0.3) is 0 Å². The van der Waals surface area contributed by atoms with Crippen molar-refractivity contribution in [2.24, 2.45) is 0 Å². The van der Waals surface area contributed by atoms with E-state index < -0.39 is 0 Å². The zero-order valence-corrected chi connectivity index (χ0v) is 26.0. The minimum Gasteiger partial charge on any atom is -0.452 e. The highest BCUT2D eigenvalue weighted by molar-refractivity contribution is 9.16. The summed E-state index contributed by atoms with van der Waals surface area (Å²) in [6.45, 7) is 0. The van der Waals surface area contributed by atoms with Crippen molar-refractivity contribution in [2.75, 3.05) is 0 Å². The van der Waals surface area contributed by atoms with Crippen molar-refractivity contribution < 1.29 is 4.74 Å². The molecule has 0 aliphatic carbocycles. The Morgan fingerprint density at radius 3 is 0.696 bits per heavy atom. The van der Waals surface area contributed by atoms with Gasteiger partial charge in [-0.25, -0.2) is 0 Å². The number of hydrogen-bond acceptors (Lipinski definition) is 1. The van der Waals surface area contributed by atoms with E-state index in [0.717, 1.165) is 44.7 Å². The SMILES string of the molecule is Brc1c(Br)c(Br)c(Oc2c(Br)c(Br)c(Br)c(Br)c2Br)c(Br)c1Br. The van der Waals surface area contributed by atoms with Crippen LogP contribution in [0.4, 0.5) is 0 Å². The van der Waals surface area contributed by atoms with E-state index in [1.807, 2.05) is 0 Å². The van der Waals surface area contributed by atoms with Crippen molar-refractivity contribution in [1.82, 2.24) is 0 Å². The van der Waals surface area contributed by atoms with Gasteiger partial charge < -0.3 is 4.74 Å². The average molecular weight is 959 g/mol. The lowest BCUT2D eigenvalue weighted by atomic mass is 10.3. The average Bonchev–Trinajstić information content (AvgIpc) is 2.54. The Kier molecular flexibility index (Phi) is 8.76. The molecule has 2 aromatic rings. The molecule has 0 aromatic heterocycles. The molecule has 11 heteroatoms. The first kappa shape index (κ1) is 22.3. The van der Waals surface area contributed by atoms with Gasteiger partial charge in [0.1, 0.15) is 0 Å². The molecule has 0 spiro atoms. The van der Waals surface area contributed by atoms with Crippen molar-refractivity contribution >= 4 is 159 Å².